The Hall–Kier alpha value is -4.09. The molecule has 0 spiro atoms. The van der Waals surface area contributed by atoms with Crippen molar-refractivity contribution in [3.05, 3.63) is 52.1 Å². The van der Waals surface area contributed by atoms with Crippen LogP contribution in [0.3, 0.4) is 0 Å². The van der Waals surface area contributed by atoms with Crippen LogP contribution in [0.4, 0.5) is 11.4 Å². The van der Waals surface area contributed by atoms with Crippen LogP contribution < -0.4 is 10.1 Å². The van der Waals surface area contributed by atoms with E-state index in [1.807, 2.05) is 6.92 Å². The van der Waals surface area contributed by atoms with Crippen molar-refractivity contribution >= 4 is 29.0 Å². The number of rotatable bonds is 8. The summed E-state index contributed by atoms with van der Waals surface area (Å²) in [6, 6.07) is 4.04. The lowest BCUT2D eigenvalue weighted by Gasteiger charge is -2.10. The molecule has 156 valence electrons. The third-order valence-electron chi connectivity index (χ3n) is 4.05. The van der Waals surface area contributed by atoms with Crippen LogP contribution in [-0.2, 0) is 16.0 Å². The quantitative estimate of drug-likeness (QED) is 0.330. The summed E-state index contributed by atoms with van der Waals surface area (Å²) in [6.07, 6.45) is 3.07. The van der Waals surface area contributed by atoms with Crippen LogP contribution in [-0.4, -0.2) is 49.6 Å². The number of hydrogen-bond donors (Lipinski definition) is 1. The van der Waals surface area contributed by atoms with Crippen molar-refractivity contribution in [2.75, 3.05) is 18.5 Å². The van der Waals surface area contributed by atoms with Crippen LogP contribution in [0.5, 0.6) is 5.75 Å². The van der Waals surface area contributed by atoms with Crippen molar-refractivity contribution in [1.29, 1.82) is 0 Å². The van der Waals surface area contributed by atoms with E-state index in [1.54, 1.807) is 6.92 Å². The fourth-order valence-electron chi connectivity index (χ4n) is 2.76. The Bertz CT molecular complexity index is 1110. The number of nitrogens with zero attached hydrogens (tertiary/aromatic N) is 5. The molecule has 12 heteroatoms. The highest BCUT2D eigenvalue weighted by molar-refractivity contribution is 5.97. The van der Waals surface area contributed by atoms with Gasteiger partial charge in [-0.15, -0.1) is 0 Å². The van der Waals surface area contributed by atoms with Gasteiger partial charge in [0, 0.05) is 6.20 Å². The molecule has 0 radical (unpaired) electrons. The van der Waals surface area contributed by atoms with E-state index in [-0.39, 0.29) is 16.9 Å². The molecular formula is C18H18N6O6. The molecule has 0 saturated carbocycles. The first-order chi connectivity index (χ1) is 14.4. The highest BCUT2D eigenvalue weighted by Crippen LogP contribution is 2.29. The van der Waals surface area contributed by atoms with E-state index >= 15 is 0 Å². The first kappa shape index (κ1) is 20.6. The van der Waals surface area contributed by atoms with E-state index in [2.05, 4.69) is 20.4 Å². The Kier molecular flexibility index (Phi) is 6.15. The third kappa shape index (κ3) is 4.32. The minimum Gasteiger partial charge on any atom is -0.494 e. The van der Waals surface area contributed by atoms with Crippen molar-refractivity contribution < 1.29 is 24.0 Å². The maximum absolute atomic E-state index is 12.4. The summed E-state index contributed by atoms with van der Waals surface area (Å²) >= 11 is 0. The molecule has 2 heterocycles. The second kappa shape index (κ2) is 8.94. The Morgan fingerprint density at radius 3 is 2.77 bits per heavy atom. The molecule has 30 heavy (non-hydrogen) atoms. The molecule has 0 aliphatic rings. The van der Waals surface area contributed by atoms with Crippen LogP contribution in [0.1, 0.15) is 29.9 Å². The largest absolute Gasteiger partial charge is 0.494 e. The van der Waals surface area contributed by atoms with E-state index in [0.717, 1.165) is 0 Å². The molecule has 0 unspecified atom stereocenters. The van der Waals surface area contributed by atoms with Crippen molar-refractivity contribution in [2.24, 2.45) is 0 Å². The van der Waals surface area contributed by atoms with Crippen molar-refractivity contribution in [1.82, 2.24) is 19.6 Å². The van der Waals surface area contributed by atoms with Crippen molar-refractivity contribution in [3.63, 3.8) is 0 Å². The number of hydrogen-bond acceptors (Lipinski definition) is 9. The van der Waals surface area contributed by atoms with Gasteiger partial charge in [0.15, 0.2) is 6.61 Å². The van der Waals surface area contributed by atoms with Gasteiger partial charge in [0.1, 0.15) is 17.8 Å². The molecule has 3 rings (SSSR count). The van der Waals surface area contributed by atoms with Crippen molar-refractivity contribution in [3.8, 4) is 5.75 Å². The van der Waals surface area contributed by atoms with Crippen molar-refractivity contribution in [2.45, 2.75) is 20.3 Å². The van der Waals surface area contributed by atoms with E-state index in [1.165, 1.54) is 35.2 Å². The molecule has 1 N–H and O–H groups in total. The average Bonchev–Trinajstić information content (AvgIpc) is 3.21. The number of carbonyl (C=O) groups excluding carboxylic acids is 2. The molecule has 0 saturated heterocycles. The summed E-state index contributed by atoms with van der Waals surface area (Å²) < 4.78 is 11.7. The summed E-state index contributed by atoms with van der Waals surface area (Å²) in [5, 5.41) is 17.6. The Morgan fingerprint density at radius 2 is 2.07 bits per heavy atom. The van der Waals surface area contributed by atoms with Gasteiger partial charge in [-0.3, -0.25) is 14.9 Å². The molecule has 0 aliphatic carbocycles. The van der Waals surface area contributed by atoms with Gasteiger partial charge in [0.05, 0.1) is 28.9 Å². The van der Waals surface area contributed by atoms with Gasteiger partial charge in [-0.2, -0.15) is 10.1 Å². The molecule has 3 aromatic rings. The zero-order valence-electron chi connectivity index (χ0n) is 16.2. The number of fused-ring (bicyclic) bond motifs is 1. The third-order valence-corrected chi connectivity index (χ3v) is 4.05. The molecule has 1 amide bonds. The second-order valence-corrected chi connectivity index (χ2v) is 5.94. The molecular weight excluding hydrogens is 396 g/mol. The van der Waals surface area contributed by atoms with Gasteiger partial charge in [0.25, 0.3) is 17.4 Å². The van der Waals surface area contributed by atoms with Crippen LogP contribution in [0, 0.1) is 10.1 Å². The first-order valence-corrected chi connectivity index (χ1v) is 9.00. The minimum atomic E-state index is -0.770. The van der Waals surface area contributed by atoms with Gasteiger partial charge < -0.3 is 14.8 Å². The predicted octanol–water partition coefficient (Wildman–Crippen LogP) is 1.79. The number of aryl methyl sites for hydroxylation is 1. The van der Waals surface area contributed by atoms with E-state index < -0.39 is 23.4 Å². The summed E-state index contributed by atoms with van der Waals surface area (Å²) in [4.78, 5) is 43.2. The monoisotopic (exact) mass is 414 g/mol. The number of esters is 1. The van der Waals surface area contributed by atoms with Crippen LogP contribution in [0.2, 0.25) is 0 Å². The van der Waals surface area contributed by atoms with Crippen LogP contribution >= 0.6 is 0 Å². The lowest BCUT2D eigenvalue weighted by molar-refractivity contribution is -0.384. The molecule has 0 bridgehead atoms. The van der Waals surface area contributed by atoms with Gasteiger partial charge in [-0.1, -0.05) is 6.92 Å². The number of ether oxygens (including phenoxy) is 2. The van der Waals surface area contributed by atoms with Gasteiger partial charge in [0.2, 0.25) is 0 Å². The highest BCUT2D eigenvalue weighted by atomic mass is 16.6. The van der Waals surface area contributed by atoms with Gasteiger partial charge in [-0.05, 0) is 25.5 Å². The second-order valence-electron chi connectivity index (χ2n) is 5.94. The number of carbonyl (C=O) groups is 2. The van der Waals surface area contributed by atoms with Crippen LogP contribution in [0.15, 0.2) is 30.7 Å². The summed E-state index contributed by atoms with van der Waals surface area (Å²) in [5.41, 5.74) is 0.305. The molecule has 2 aromatic heterocycles. The Balaban J connectivity index is 1.69. The van der Waals surface area contributed by atoms with E-state index in [0.29, 0.717) is 30.2 Å². The predicted molar refractivity (Wildman–Crippen MR) is 103 cm³/mol. The zero-order valence-corrected chi connectivity index (χ0v) is 16.2. The number of nitro benzene ring substituents is 1. The first-order valence-electron chi connectivity index (χ1n) is 9.00. The lowest BCUT2D eigenvalue weighted by atomic mass is 10.2. The smallest absolute Gasteiger partial charge is 0.342 e. The normalized spacial score (nSPS) is 10.6. The minimum absolute atomic E-state index is 0.0375. The number of aromatic nitrogens is 4. The maximum atomic E-state index is 12.4. The number of anilines is 1. The summed E-state index contributed by atoms with van der Waals surface area (Å²) in [5.74, 6) is -0.864. The molecule has 0 fully saturated rings. The maximum Gasteiger partial charge on any atom is 0.342 e. The Labute approximate surface area is 170 Å². The lowest BCUT2D eigenvalue weighted by Crippen LogP contribution is -2.22. The fraction of sp³-hybridized carbons (Fsp3) is 0.278. The molecule has 12 nitrogen and oxygen atoms in total. The fourth-order valence-corrected chi connectivity index (χ4v) is 2.76. The van der Waals surface area contributed by atoms with Gasteiger partial charge >= 0.3 is 5.97 Å². The van der Waals surface area contributed by atoms with E-state index in [4.69, 9.17) is 9.47 Å². The SMILES string of the molecule is CCOc1ccc(NC(=O)COC(=O)c2cnc3ncnn3c2CC)c([N+](=O)[O-])c1. The topological polar surface area (TPSA) is 151 Å². The number of nitrogens with one attached hydrogen (secondary N) is 1. The molecule has 0 atom stereocenters. The number of benzene rings is 1. The summed E-state index contributed by atoms with van der Waals surface area (Å²) in [7, 11) is 0. The highest BCUT2D eigenvalue weighted by Gasteiger charge is 2.20. The van der Waals surface area contributed by atoms with E-state index in [9.17, 15) is 19.7 Å². The standard InChI is InChI=1S/C18H18N6O6/c1-3-14-12(8-19-18-20-10-21-23(14)18)17(26)30-9-16(25)22-13-6-5-11(29-4-2)7-15(13)24(27)28/h5-8,10H,3-4,9H2,1-2H3,(H,22,25). The number of amides is 1. The molecule has 0 aliphatic heterocycles. The average molecular weight is 414 g/mol. The van der Waals surface area contributed by atoms with Gasteiger partial charge in [-0.25, -0.2) is 14.3 Å². The Morgan fingerprint density at radius 1 is 1.27 bits per heavy atom. The molecule has 1 aromatic carbocycles. The van der Waals surface area contributed by atoms with Crippen LogP contribution in [0.25, 0.3) is 5.78 Å². The summed E-state index contributed by atoms with van der Waals surface area (Å²) in [6.45, 7) is 3.27. The number of nitro groups is 1. The zero-order chi connectivity index (χ0) is 21.7.